The average molecular weight is 253 g/mol. The zero-order chi connectivity index (χ0) is 9.97. The molecule has 1 aliphatic rings. The molecule has 0 amide bonds. The van der Waals surface area contributed by atoms with Crippen molar-refractivity contribution in [2.24, 2.45) is 4.99 Å². The van der Waals surface area contributed by atoms with Crippen LogP contribution in [-0.4, -0.2) is 31.4 Å². The van der Waals surface area contributed by atoms with E-state index in [1.165, 1.54) is 10.0 Å². The summed E-state index contributed by atoms with van der Waals surface area (Å²) >= 11 is 3.58. The molecule has 1 unspecified atom stereocenters. The van der Waals surface area contributed by atoms with Crippen LogP contribution >= 0.6 is 15.9 Å². The molecule has 14 heavy (non-hydrogen) atoms. The van der Waals surface area contributed by atoms with E-state index in [4.69, 9.17) is 0 Å². The first kappa shape index (κ1) is 9.71. The maximum atomic E-state index is 4.34. The lowest BCUT2D eigenvalue weighted by atomic mass is 9.98. The first-order valence-electron chi connectivity index (χ1n) is 4.72. The second-order valence-electron chi connectivity index (χ2n) is 3.64. The number of benzene rings is 1. The first-order valence-corrected chi connectivity index (χ1v) is 5.51. The van der Waals surface area contributed by atoms with E-state index in [0.717, 1.165) is 13.1 Å². The van der Waals surface area contributed by atoms with Crippen molar-refractivity contribution < 1.29 is 0 Å². The minimum absolute atomic E-state index is 0.514. The summed E-state index contributed by atoms with van der Waals surface area (Å²) in [6, 6.07) is 8.39. The van der Waals surface area contributed by atoms with Gasteiger partial charge in [-0.25, -0.2) is 0 Å². The lowest BCUT2D eigenvalue weighted by molar-refractivity contribution is 0.439. The van der Waals surface area contributed by atoms with Crippen molar-refractivity contribution in [3.05, 3.63) is 34.3 Å². The summed E-state index contributed by atoms with van der Waals surface area (Å²) in [7, 11) is 2.06. The Bertz CT molecular complexity index is 349. The van der Waals surface area contributed by atoms with Gasteiger partial charge in [0.25, 0.3) is 0 Å². The summed E-state index contributed by atoms with van der Waals surface area (Å²) in [6.07, 6.45) is 1.91. The average Bonchev–Trinajstić information content (AvgIpc) is 2.18. The zero-order valence-corrected chi connectivity index (χ0v) is 9.74. The highest BCUT2D eigenvalue weighted by molar-refractivity contribution is 9.10. The summed E-state index contributed by atoms with van der Waals surface area (Å²) in [5.41, 5.74) is 1.36. The third-order valence-corrected chi connectivity index (χ3v) is 3.18. The van der Waals surface area contributed by atoms with E-state index in [0.29, 0.717) is 5.92 Å². The monoisotopic (exact) mass is 252 g/mol. The second kappa shape index (κ2) is 4.13. The highest BCUT2D eigenvalue weighted by atomic mass is 79.9. The Hall–Kier alpha value is -0.830. The molecule has 2 rings (SSSR count). The van der Waals surface area contributed by atoms with Gasteiger partial charge < -0.3 is 4.90 Å². The van der Waals surface area contributed by atoms with Crippen molar-refractivity contribution in [3.8, 4) is 0 Å². The van der Waals surface area contributed by atoms with Gasteiger partial charge in [0.05, 0.1) is 6.34 Å². The predicted molar refractivity (Wildman–Crippen MR) is 62.9 cm³/mol. The minimum atomic E-state index is 0.514. The van der Waals surface area contributed by atoms with Crippen LogP contribution in [0.3, 0.4) is 0 Å². The van der Waals surface area contributed by atoms with Gasteiger partial charge in [-0.3, -0.25) is 4.99 Å². The largest absolute Gasteiger partial charge is 0.365 e. The van der Waals surface area contributed by atoms with Crippen molar-refractivity contribution in [1.29, 1.82) is 0 Å². The van der Waals surface area contributed by atoms with E-state index < -0.39 is 0 Å². The Balaban J connectivity index is 2.23. The summed E-state index contributed by atoms with van der Waals surface area (Å²) in [4.78, 5) is 6.47. The molecule has 3 heteroatoms. The Kier molecular flexibility index (Phi) is 2.87. The van der Waals surface area contributed by atoms with Gasteiger partial charge in [-0.15, -0.1) is 0 Å². The standard InChI is InChI=1S/C11H13BrN2/c1-14-7-9(6-13-8-14)10-4-2-3-5-11(10)12/h2-5,8-9H,6-7H2,1H3. The van der Waals surface area contributed by atoms with Crippen LogP contribution in [0.4, 0.5) is 0 Å². The van der Waals surface area contributed by atoms with E-state index in [2.05, 4.69) is 51.1 Å². The third-order valence-electron chi connectivity index (χ3n) is 2.46. The number of likely N-dealkylation sites (N-methyl/N-ethyl adjacent to an activating group) is 1. The van der Waals surface area contributed by atoms with Crippen molar-refractivity contribution >= 4 is 22.3 Å². The number of nitrogens with zero attached hydrogens (tertiary/aromatic N) is 2. The van der Waals surface area contributed by atoms with Crippen LogP contribution in [0.25, 0.3) is 0 Å². The van der Waals surface area contributed by atoms with Crippen LogP contribution < -0.4 is 0 Å². The molecule has 1 heterocycles. The number of rotatable bonds is 1. The Labute approximate surface area is 92.8 Å². The lowest BCUT2D eigenvalue weighted by Crippen LogP contribution is -2.29. The van der Waals surface area contributed by atoms with E-state index in [-0.39, 0.29) is 0 Å². The van der Waals surface area contributed by atoms with Crippen LogP contribution in [-0.2, 0) is 0 Å². The molecule has 0 aromatic heterocycles. The molecule has 2 nitrogen and oxygen atoms in total. The van der Waals surface area contributed by atoms with E-state index in [1.807, 2.05) is 12.4 Å². The van der Waals surface area contributed by atoms with Gasteiger partial charge in [0.15, 0.2) is 0 Å². The molecule has 0 radical (unpaired) electrons. The highest BCUT2D eigenvalue weighted by Crippen LogP contribution is 2.26. The maximum absolute atomic E-state index is 4.34. The molecule has 0 saturated carbocycles. The molecule has 0 spiro atoms. The summed E-state index contributed by atoms with van der Waals surface area (Å²) in [5, 5.41) is 0. The fraction of sp³-hybridized carbons (Fsp3) is 0.364. The zero-order valence-electron chi connectivity index (χ0n) is 8.15. The van der Waals surface area contributed by atoms with E-state index >= 15 is 0 Å². The molecular weight excluding hydrogens is 240 g/mol. The third kappa shape index (κ3) is 1.98. The molecule has 1 aromatic rings. The smallest absolute Gasteiger partial charge is 0.0847 e. The number of aliphatic imine (C=N–C) groups is 1. The maximum Gasteiger partial charge on any atom is 0.0847 e. The van der Waals surface area contributed by atoms with Crippen LogP contribution in [0.5, 0.6) is 0 Å². The first-order chi connectivity index (χ1) is 6.77. The number of halogens is 1. The molecule has 0 saturated heterocycles. The van der Waals surface area contributed by atoms with Gasteiger partial charge in [0.2, 0.25) is 0 Å². The molecule has 1 atom stereocenters. The lowest BCUT2D eigenvalue weighted by Gasteiger charge is -2.26. The van der Waals surface area contributed by atoms with E-state index in [9.17, 15) is 0 Å². The molecule has 0 N–H and O–H groups in total. The van der Waals surface area contributed by atoms with Crippen LogP contribution in [0.2, 0.25) is 0 Å². The van der Waals surface area contributed by atoms with Gasteiger partial charge in [-0.05, 0) is 11.6 Å². The molecule has 0 fully saturated rings. The minimum Gasteiger partial charge on any atom is -0.365 e. The Morgan fingerprint density at radius 2 is 2.21 bits per heavy atom. The highest BCUT2D eigenvalue weighted by Gasteiger charge is 2.17. The van der Waals surface area contributed by atoms with Gasteiger partial charge in [-0.1, -0.05) is 34.1 Å². The molecule has 0 aliphatic carbocycles. The van der Waals surface area contributed by atoms with Gasteiger partial charge >= 0.3 is 0 Å². The predicted octanol–water partition coefficient (Wildman–Crippen LogP) is 2.51. The topological polar surface area (TPSA) is 15.6 Å². The fourth-order valence-electron chi connectivity index (χ4n) is 1.77. The summed E-state index contributed by atoms with van der Waals surface area (Å²) < 4.78 is 1.19. The normalized spacial score (nSPS) is 21.3. The number of hydrogen-bond acceptors (Lipinski definition) is 2. The van der Waals surface area contributed by atoms with Crippen molar-refractivity contribution in [2.45, 2.75) is 5.92 Å². The Morgan fingerprint density at radius 3 is 2.93 bits per heavy atom. The molecule has 1 aliphatic heterocycles. The fourth-order valence-corrected chi connectivity index (χ4v) is 2.38. The van der Waals surface area contributed by atoms with Crippen molar-refractivity contribution in [1.82, 2.24) is 4.90 Å². The Morgan fingerprint density at radius 1 is 1.43 bits per heavy atom. The van der Waals surface area contributed by atoms with Crippen molar-refractivity contribution in [3.63, 3.8) is 0 Å². The number of hydrogen-bond donors (Lipinski definition) is 0. The quantitative estimate of drug-likeness (QED) is 0.750. The van der Waals surface area contributed by atoms with Gasteiger partial charge in [-0.2, -0.15) is 0 Å². The van der Waals surface area contributed by atoms with Crippen LogP contribution in [0.1, 0.15) is 11.5 Å². The molecule has 74 valence electrons. The molecule has 1 aromatic carbocycles. The van der Waals surface area contributed by atoms with Gasteiger partial charge in [0, 0.05) is 30.5 Å². The summed E-state index contributed by atoms with van der Waals surface area (Å²) in [5.74, 6) is 0.514. The second-order valence-corrected chi connectivity index (χ2v) is 4.49. The molecular formula is C11H13BrN2. The SMILES string of the molecule is CN1C=NCC(c2ccccc2Br)C1. The van der Waals surface area contributed by atoms with Crippen LogP contribution in [0, 0.1) is 0 Å². The van der Waals surface area contributed by atoms with E-state index in [1.54, 1.807) is 0 Å². The molecule has 0 bridgehead atoms. The van der Waals surface area contributed by atoms with Crippen LogP contribution in [0.15, 0.2) is 33.7 Å². The van der Waals surface area contributed by atoms with Gasteiger partial charge in [0.1, 0.15) is 0 Å². The summed E-state index contributed by atoms with van der Waals surface area (Å²) in [6.45, 7) is 1.94. The van der Waals surface area contributed by atoms with Crippen molar-refractivity contribution in [2.75, 3.05) is 20.1 Å².